The average Bonchev–Trinajstić information content (AvgIpc) is 2.96. The largest absolute Gasteiger partial charge is 0.464 e. The van der Waals surface area contributed by atoms with Crippen molar-refractivity contribution in [2.75, 3.05) is 13.1 Å². The van der Waals surface area contributed by atoms with Crippen LogP contribution in [0.4, 0.5) is 0 Å². The molecule has 1 atom stereocenters. The highest BCUT2D eigenvalue weighted by Crippen LogP contribution is 2.23. The predicted molar refractivity (Wildman–Crippen MR) is 70.8 cm³/mol. The van der Waals surface area contributed by atoms with Crippen LogP contribution in [0.25, 0.3) is 11.0 Å². The minimum Gasteiger partial charge on any atom is -0.464 e. The topological polar surface area (TPSA) is 33.5 Å². The maximum absolute atomic E-state index is 12.3. The van der Waals surface area contributed by atoms with Gasteiger partial charge in [0.25, 0.3) is 0 Å². The third-order valence-corrected chi connectivity index (χ3v) is 3.82. The van der Waals surface area contributed by atoms with E-state index in [0.717, 1.165) is 17.5 Å². The minimum absolute atomic E-state index is 0.161. The number of para-hydroxylation sites is 1. The van der Waals surface area contributed by atoms with Crippen LogP contribution in [0.3, 0.4) is 0 Å². The van der Waals surface area contributed by atoms with Crippen molar-refractivity contribution in [2.24, 2.45) is 0 Å². The Morgan fingerprint density at radius 1 is 1.44 bits per heavy atom. The molecule has 0 saturated carbocycles. The fourth-order valence-electron chi connectivity index (χ4n) is 2.69. The molecule has 3 heteroatoms. The van der Waals surface area contributed by atoms with Gasteiger partial charge in [0.05, 0.1) is 12.1 Å². The van der Waals surface area contributed by atoms with Gasteiger partial charge in [0.1, 0.15) is 11.8 Å². The highest BCUT2D eigenvalue weighted by atomic mass is 16.3. The van der Waals surface area contributed by atoms with Crippen molar-refractivity contribution in [2.45, 2.75) is 25.8 Å². The molecule has 3 rings (SSSR count). The fourth-order valence-corrected chi connectivity index (χ4v) is 2.69. The molecule has 1 aromatic carbocycles. The summed E-state index contributed by atoms with van der Waals surface area (Å²) in [7, 11) is 0. The van der Waals surface area contributed by atoms with Gasteiger partial charge in [-0.1, -0.05) is 18.2 Å². The van der Waals surface area contributed by atoms with Crippen LogP contribution in [0.1, 0.15) is 30.1 Å². The summed E-state index contributed by atoms with van der Waals surface area (Å²) < 4.78 is 5.42. The van der Waals surface area contributed by atoms with E-state index in [-0.39, 0.29) is 5.78 Å². The lowest BCUT2D eigenvalue weighted by molar-refractivity contribution is 0.0927. The Kier molecular flexibility index (Phi) is 2.92. The number of fused-ring (bicyclic) bond motifs is 1. The lowest BCUT2D eigenvalue weighted by atomic mass is 10.1. The van der Waals surface area contributed by atoms with Crippen LogP contribution in [0.2, 0.25) is 0 Å². The third kappa shape index (κ3) is 1.95. The monoisotopic (exact) mass is 243 g/mol. The van der Waals surface area contributed by atoms with E-state index < -0.39 is 0 Å². The molecule has 0 aliphatic carbocycles. The SMILES string of the molecule is CC1CCCN1CC(=O)c1coc2ccccc12. The zero-order valence-corrected chi connectivity index (χ0v) is 10.6. The van der Waals surface area contributed by atoms with Gasteiger partial charge >= 0.3 is 0 Å². The minimum atomic E-state index is 0.161. The van der Waals surface area contributed by atoms with E-state index >= 15 is 0 Å². The lowest BCUT2D eigenvalue weighted by Gasteiger charge is -2.19. The van der Waals surface area contributed by atoms with Crippen LogP contribution in [-0.2, 0) is 0 Å². The molecule has 1 aliphatic heterocycles. The molecule has 0 spiro atoms. The Balaban J connectivity index is 1.84. The van der Waals surface area contributed by atoms with Crippen LogP contribution < -0.4 is 0 Å². The summed E-state index contributed by atoms with van der Waals surface area (Å²) in [5.41, 5.74) is 1.50. The van der Waals surface area contributed by atoms with Crippen molar-refractivity contribution < 1.29 is 9.21 Å². The van der Waals surface area contributed by atoms with Crippen LogP contribution in [-0.4, -0.2) is 29.8 Å². The molecular formula is C15H17NO2. The van der Waals surface area contributed by atoms with E-state index in [1.807, 2.05) is 24.3 Å². The van der Waals surface area contributed by atoms with E-state index in [4.69, 9.17) is 4.42 Å². The molecule has 0 N–H and O–H groups in total. The van der Waals surface area contributed by atoms with Gasteiger partial charge in [0.2, 0.25) is 0 Å². The van der Waals surface area contributed by atoms with Gasteiger partial charge < -0.3 is 4.42 Å². The van der Waals surface area contributed by atoms with Crippen molar-refractivity contribution >= 4 is 16.8 Å². The lowest BCUT2D eigenvalue weighted by Crippen LogP contribution is -2.32. The van der Waals surface area contributed by atoms with Crippen LogP contribution in [0.15, 0.2) is 34.9 Å². The smallest absolute Gasteiger partial charge is 0.180 e. The molecular weight excluding hydrogens is 226 g/mol. The van der Waals surface area contributed by atoms with Crippen molar-refractivity contribution in [3.8, 4) is 0 Å². The Hall–Kier alpha value is -1.61. The number of carbonyl (C=O) groups is 1. The van der Waals surface area contributed by atoms with Crippen molar-refractivity contribution in [3.05, 3.63) is 36.1 Å². The highest BCUT2D eigenvalue weighted by molar-refractivity contribution is 6.08. The standard InChI is InChI=1S/C15H17NO2/c1-11-5-4-8-16(11)9-14(17)13-10-18-15-7-3-2-6-12(13)15/h2-3,6-7,10-11H,4-5,8-9H2,1H3. The molecule has 18 heavy (non-hydrogen) atoms. The first-order valence-corrected chi connectivity index (χ1v) is 6.49. The van der Waals surface area contributed by atoms with Crippen molar-refractivity contribution in [3.63, 3.8) is 0 Å². The molecule has 3 nitrogen and oxygen atoms in total. The zero-order valence-electron chi connectivity index (χ0n) is 10.6. The first kappa shape index (κ1) is 11.5. The molecule has 0 bridgehead atoms. The molecule has 2 heterocycles. The molecule has 1 aliphatic rings. The van der Waals surface area contributed by atoms with E-state index in [1.165, 1.54) is 12.8 Å². The second kappa shape index (κ2) is 4.58. The van der Waals surface area contributed by atoms with Crippen LogP contribution >= 0.6 is 0 Å². The molecule has 2 aromatic rings. The van der Waals surface area contributed by atoms with Crippen LogP contribution in [0, 0.1) is 0 Å². The predicted octanol–water partition coefficient (Wildman–Crippen LogP) is 3.10. The average molecular weight is 243 g/mol. The van der Waals surface area contributed by atoms with Gasteiger partial charge in [0.15, 0.2) is 5.78 Å². The Bertz CT molecular complexity index is 573. The number of furan rings is 1. The van der Waals surface area contributed by atoms with Gasteiger partial charge in [0, 0.05) is 11.4 Å². The summed E-state index contributed by atoms with van der Waals surface area (Å²) in [4.78, 5) is 14.6. The summed E-state index contributed by atoms with van der Waals surface area (Å²) in [6, 6.07) is 8.21. The summed E-state index contributed by atoms with van der Waals surface area (Å²) in [6.45, 7) is 3.72. The third-order valence-electron chi connectivity index (χ3n) is 3.82. The van der Waals surface area contributed by atoms with E-state index in [1.54, 1.807) is 6.26 Å². The summed E-state index contributed by atoms with van der Waals surface area (Å²) in [5.74, 6) is 0.161. The molecule has 0 radical (unpaired) electrons. The second-order valence-electron chi connectivity index (χ2n) is 5.03. The second-order valence-corrected chi connectivity index (χ2v) is 5.03. The highest BCUT2D eigenvalue weighted by Gasteiger charge is 2.24. The number of hydrogen-bond acceptors (Lipinski definition) is 3. The Morgan fingerprint density at radius 2 is 2.28 bits per heavy atom. The van der Waals surface area contributed by atoms with Gasteiger partial charge in [-0.05, 0) is 32.4 Å². The van der Waals surface area contributed by atoms with Crippen molar-refractivity contribution in [1.29, 1.82) is 0 Å². The summed E-state index contributed by atoms with van der Waals surface area (Å²) >= 11 is 0. The number of rotatable bonds is 3. The Labute approximate surface area is 106 Å². The fraction of sp³-hybridized carbons (Fsp3) is 0.400. The number of hydrogen-bond donors (Lipinski definition) is 0. The molecule has 1 saturated heterocycles. The van der Waals surface area contributed by atoms with E-state index in [0.29, 0.717) is 18.2 Å². The molecule has 1 unspecified atom stereocenters. The molecule has 1 aromatic heterocycles. The van der Waals surface area contributed by atoms with Gasteiger partial charge in [-0.15, -0.1) is 0 Å². The van der Waals surface area contributed by atoms with Gasteiger partial charge in [-0.2, -0.15) is 0 Å². The zero-order chi connectivity index (χ0) is 12.5. The maximum Gasteiger partial charge on any atom is 0.180 e. The normalized spacial score (nSPS) is 20.6. The first-order chi connectivity index (χ1) is 8.75. The maximum atomic E-state index is 12.3. The molecule has 1 fully saturated rings. The number of Topliss-reactive ketones (excluding diaryl/α,β-unsaturated/α-hetero) is 1. The van der Waals surface area contributed by atoms with E-state index in [2.05, 4.69) is 11.8 Å². The van der Waals surface area contributed by atoms with Crippen molar-refractivity contribution in [1.82, 2.24) is 4.90 Å². The quantitative estimate of drug-likeness (QED) is 0.777. The number of likely N-dealkylation sites (tertiary alicyclic amines) is 1. The number of benzene rings is 1. The van der Waals surface area contributed by atoms with Gasteiger partial charge in [-0.3, -0.25) is 9.69 Å². The summed E-state index contributed by atoms with van der Waals surface area (Å²) in [5, 5.41) is 0.925. The summed E-state index contributed by atoms with van der Waals surface area (Å²) in [6.07, 6.45) is 3.98. The molecule has 94 valence electrons. The first-order valence-electron chi connectivity index (χ1n) is 6.49. The molecule has 0 amide bonds. The Morgan fingerprint density at radius 3 is 3.06 bits per heavy atom. The number of nitrogens with zero attached hydrogens (tertiary/aromatic N) is 1. The number of ketones is 1. The van der Waals surface area contributed by atoms with E-state index in [9.17, 15) is 4.79 Å². The number of carbonyl (C=O) groups excluding carboxylic acids is 1. The van der Waals surface area contributed by atoms with Gasteiger partial charge in [-0.25, -0.2) is 0 Å². The van der Waals surface area contributed by atoms with Crippen LogP contribution in [0.5, 0.6) is 0 Å².